The molecule has 1 N–H and O–H groups in total. The van der Waals surface area contributed by atoms with Crippen LogP contribution in [-0.4, -0.2) is 7.05 Å². The van der Waals surface area contributed by atoms with Gasteiger partial charge in [-0.05, 0) is 50.8 Å². The first-order valence-corrected chi connectivity index (χ1v) is 8.45. The van der Waals surface area contributed by atoms with Gasteiger partial charge in [-0.2, -0.15) is 0 Å². The fourth-order valence-corrected chi connectivity index (χ4v) is 4.29. The number of fused-ring (bicyclic) bond motifs is 1. The van der Waals surface area contributed by atoms with Gasteiger partial charge >= 0.3 is 0 Å². The van der Waals surface area contributed by atoms with Gasteiger partial charge < -0.3 is 5.32 Å². The standard InChI is InChI=1S/C16H27NS/c1-3-4-5-6-10-14(17-2)16-12-13-9-7-8-11-15(13)18-16/h12,14,17H,3-11H2,1-2H3. The first-order valence-electron chi connectivity index (χ1n) is 7.64. The van der Waals surface area contributed by atoms with Crippen molar-refractivity contribution in [3.8, 4) is 0 Å². The van der Waals surface area contributed by atoms with Crippen molar-refractivity contribution in [3.05, 3.63) is 21.4 Å². The maximum Gasteiger partial charge on any atom is 0.0412 e. The summed E-state index contributed by atoms with van der Waals surface area (Å²) in [5.41, 5.74) is 1.65. The normalized spacial score (nSPS) is 16.6. The van der Waals surface area contributed by atoms with E-state index in [1.807, 2.05) is 0 Å². The molecule has 102 valence electrons. The summed E-state index contributed by atoms with van der Waals surface area (Å²) in [5, 5.41) is 3.51. The number of rotatable bonds is 7. The predicted octanol–water partition coefficient (Wildman–Crippen LogP) is 4.86. The van der Waals surface area contributed by atoms with Crippen LogP contribution < -0.4 is 5.32 Å². The summed E-state index contributed by atoms with van der Waals surface area (Å²) in [5.74, 6) is 0. The molecule has 1 aromatic rings. The number of hydrogen-bond acceptors (Lipinski definition) is 2. The molecule has 1 heterocycles. The smallest absolute Gasteiger partial charge is 0.0412 e. The van der Waals surface area contributed by atoms with E-state index in [0.717, 1.165) is 0 Å². The molecule has 1 aliphatic rings. The number of thiophene rings is 1. The van der Waals surface area contributed by atoms with Gasteiger partial charge in [0, 0.05) is 15.8 Å². The van der Waals surface area contributed by atoms with Crippen molar-refractivity contribution in [2.45, 2.75) is 70.8 Å². The van der Waals surface area contributed by atoms with Crippen molar-refractivity contribution in [3.63, 3.8) is 0 Å². The van der Waals surface area contributed by atoms with Crippen LogP contribution in [0.25, 0.3) is 0 Å². The average Bonchev–Trinajstić information content (AvgIpc) is 2.82. The highest BCUT2D eigenvalue weighted by Crippen LogP contribution is 2.34. The van der Waals surface area contributed by atoms with Crippen LogP contribution in [-0.2, 0) is 12.8 Å². The van der Waals surface area contributed by atoms with Crippen LogP contribution >= 0.6 is 11.3 Å². The van der Waals surface area contributed by atoms with Gasteiger partial charge in [-0.3, -0.25) is 0 Å². The van der Waals surface area contributed by atoms with E-state index in [2.05, 4.69) is 36.7 Å². The number of nitrogens with one attached hydrogen (secondary N) is 1. The molecule has 0 saturated heterocycles. The van der Waals surface area contributed by atoms with Gasteiger partial charge in [0.25, 0.3) is 0 Å². The Labute approximate surface area is 116 Å². The highest BCUT2D eigenvalue weighted by Gasteiger charge is 2.17. The summed E-state index contributed by atoms with van der Waals surface area (Å²) < 4.78 is 0. The van der Waals surface area contributed by atoms with E-state index in [-0.39, 0.29) is 0 Å². The molecule has 0 aromatic carbocycles. The largest absolute Gasteiger partial charge is 0.312 e. The fourth-order valence-electron chi connectivity index (χ4n) is 2.89. The zero-order valence-corrected chi connectivity index (χ0v) is 12.7. The SMILES string of the molecule is CCCCCCC(NC)c1cc2c(s1)CCCC2. The molecule has 0 saturated carbocycles. The van der Waals surface area contributed by atoms with Crippen LogP contribution in [0, 0.1) is 0 Å². The lowest BCUT2D eigenvalue weighted by atomic mass is 9.98. The van der Waals surface area contributed by atoms with Gasteiger partial charge in [-0.15, -0.1) is 11.3 Å². The molecule has 0 radical (unpaired) electrons. The summed E-state index contributed by atoms with van der Waals surface area (Å²) in [6.07, 6.45) is 12.2. The third kappa shape index (κ3) is 3.58. The molecule has 1 nitrogen and oxygen atoms in total. The number of unbranched alkanes of at least 4 members (excludes halogenated alkanes) is 3. The molecule has 1 atom stereocenters. The second-order valence-corrected chi connectivity index (χ2v) is 6.66. The monoisotopic (exact) mass is 265 g/mol. The summed E-state index contributed by atoms with van der Waals surface area (Å²) >= 11 is 2.07. The minimum absolute atomic E-state index is 0.595. The van der Waals surface area contributed by atoms with Gasteiger partial charge in [0.05, 0.1) is 0 Å². The Kier molecular flexibility index (Phi) is 5.71. The van der Waals surface area contributed by atoms with Crippen molar-refractivity contribution in [2.24, 2.45) is 0 Å². The lowest BCUT2D eigenvalue weighted by Gasteiger charge is -2.14. The molecule has 2 heteroatoms. The van der Waals surface area contributed by atoms with E-state index in [1.165, 1.54) is 57.8 Å². The summed E-state index contributed by atoms with van der Waals surface area (Å²) in [6.45, 7) is 2.28. The molecule has 1 unspecified atom stereocenters. The van der Waals surface area contributed by atoms with E-state index in [1.54, 1.807) is 15.3 Å². The van der Waals surface area contributed by atoms with E-state index in [0.29, 0.717) is 6.04 Å². The lowest BCUT2D eigenvalue weighted by molar-refractivity contribution is 0.511. The topological polar surface area (TPSA) is 12.0 Å². The Morgan fingerprint density at radius 3 is 2.78 bits per heavy atom. The van der Waals surface area contributed by atoms with E-state index in [9.17, 15) is 0 Å². The van der Waals surface area contributed by atoms with Crippen LogP contribution in [0.3, 0.4) is 0 Å². The summed E-state index contributed by atoms with van der Waals surface area (Å²) in [4.78, 5) is 3.26. The highest BCUT2D eigenvalue weighted by molar-refractivity contribution is 7.12. The Morgan fingerprint density at radius 1 is 1.22 bits per heavy atom. The van der Waals surface area contributed by atoms with Crippen molar-refractivity contribution in [2.75, 3.05) is 7.05 Å². The van der Waals surface area contributed by atoms with Crippen molar-refractivity contribution < 1.29 is 0 Å². The van der Waals surface area contributed by atoms with E-state index < -0.39 is 0 Å². The Bertz CT molecular complexity index is 332. The van der Waals surface area contributed by atoms with Crippen LogP contribution in [0.4, 0.5) is 0 Å². The van der Waals surface area contributed by atoms with Gasteiger partial charge in [0.2, 0.25) is 0 Å². The second kappa shape index (κ2) is 7.30. The molecular weight excluding hydrogens is 238 g/mol. The zero-order chi connectivity index (χ0) is 12.8. The van der Waals surface area contributed by atoms with Crippen LogP contribution in [0.5, 0.6) is 0 Å². The molecule has 0 fully saturated rings. The molecule has 0 spiro atoms. The van der Waals surface area contributed by atoms with Gasteiger partial charge in [-0.25, -0.2) is 0 Å². The first-order chi connectivity index (χ1) is 8.85. The third-order valence-electron chi connectivity index (χ3n) is 4.05. The zero-order valence-electron chi connectivity index (χ0n) is 11.9. The van der Waals surface area contributed by atoms with Crippen molar-refractivity contribution in [1.82, 2.24) is 5.32 Å². The van der Waals surface area contributed by atoms with E-state index in [4.69, 9.17) is 0 Å². The molecule has 18 heavy (non-hydrogen) atoms. The van der Waals surface area contributed by atoms with Crippen molar-refractivity contribution in [1.29, 1.82) is 0 Å². The average molecular weight is 265 g/mol. The molecule has 1 aliphatic carbocycles. The van der Waals surface area contributed by atoms with Crippen LogP contribution in [0.2, 0.25) is 0 Å². The summed E-state index contributed by atoms with van der Waals surface area (Å²) in [7, 11) is 2.11. The third-order valence-corrected chi connectivity index (χ3v) is 5.40. The van der Waals surface area contributed by atoms with Crippen LogP contribution in [0.1, 0.15) is 73.2 Å². The molecule has 1 aromatic heterocycles. The Balaban J connectivity index is 1.92. The fraction of sp³-hybridized carbons (Fsp3) is 0.750. The van der Waals surface area contributed by atoms with Crippen molar-refractivity contribution >= 4 is 11.3 Å². The minimum atomic E-state index is 0.595. The minimum Gasteiger partial charge on any atom is -0.312 e. The molecule has 0 amide bonds. The predicted molar refractivity (Wildman–Crippen MR) is 81.5 cm³/mol. The number of aryl methyl sites for hydroxylation is 2. The highest BCUT2D eigenvalue weighted by atomic mass is 32.1. The molecular formula is C16H27NS. The molecule has 2 rings (SSSR count). The van der Waals surface area contributed by atoms with Crippen LogP contribution in [0.15, 0.2) is 6.07 Å². The summed E-state index contributed by atoms with van der Waals surface area (Å²) in [6, 6.07) is 3.08. The Morgan fingerprint density at radius 2 is 2.06 bits per heavy atom. The maximum atomic E-state index is 3.51. The van der Waals surface area contributed by atoms with E-state index >= 15 is 0 Å². The number of hydrogen-bond donors (Lipinski definition) is 1. The van der Waals surface area contributed by atoms with Gasteiger partial charge in [0.15, 0.2) is 0 Å². The maximum absolute atomic E-state index is 3.51. The second-order valence-electron chi connectivity index (χ2n) is 5.49. The van der Waals surface area contributed by atoms with Gasteiger partial charge in [0.1, 0.15) is 0 Å². The molecule has 0 bridgehead atoms. The quantitative estimate of drug-likeness (QED) is 0.694. The van der Waals surface area contributed by atoms with Gasteiger partial charge in [-0.1, -0.05) is 32.6 Å². The Hall–Kier alpha value is -0.340. The first kappa shape index (κ1) is 14.1. The lowest BCUT2D eigenvalue weighted by Crippen LogP contribution is -2.14. The molecule has 0 aliphatic heterocycles.